The van der Waals surface area contributed by atoms with Gasteiger partial charge in [0.25, 0.3) is 0 Å². The van der Waals surface area contributed by atoms with E-state index in [1.807, 2.05) is 0 Å². The summed E-state index contributed by atoms with van der Waals surface area (Å²) in [4.78, 5) is 48.3. The van der Waals surface area contributed by atoms with Crippen LogP contribution >= 0.6 is 23.2 Å². The average Bonchev–Trinajstić information content (AvgIpc) is 3.60. The Morgan fingerprint density at radius 3 is 2.48 bits per heavy atom. The first-order valence-electron chi connectivity index (χ1n) is 14.2. The van der Waals surface area contributed by atoms with E-state index in [1.165, 1.54) is 37.6 Å². The quantitative estimate of drug-likeness (QED) is 0.140. The van der Waals surface area contributed by atoms with E-state index in [4.69, 9.17) is 27.9 Å². The molecule has 1 N–H and O–H groups in total. The number of likely N-dealkylation sites (tertiary alicyclic amines) is 1. The second-order valence-electron chi connectivity index (χ2n) is 10.7. The molecule has 0 aliphatic carbocycles. The molecular weight excluding hydrogens is 639 g/mol. The van der Waals surface area contributed by atoms with E-state index in [-0.39, 0.29) is 41.8 Å². The van der Waals surface area contributed by atoms with Gasteiger partial charge in [-0.2, -0.15) is 0 Å². The monoisotopic (exact) mass is 663 g/mol. The van der Waals surface area contributed by atoms with Gasteiger partial charge in [0.1, 0.15) is 24.5 Å². The molecule has 2 atom stereocenters. The Labute approximate surface area is 271 Å². The van der Waals surface area contributed by atoms with Crippen molar-refractivity contribution < 1.29 is 27.9 Å². The summed E-state index contributed by atoms with van der Waals surface area (Å²) < 4.78 is 37.6. The number of anilines is 1. The van der Waals surface area contributed by atoms with Crippen LogP contribution in [0.15, 0.2) is 79.3 Å². The van der Waals surface area contributed by atoms with Crippen LogP contribution in [0.4, 0.5) is 14.5 Å². The Morgan fingerprint density at radius 2 is 1.74 bits per heavy atom. The lowest BCUT2D eigenvalue weighted by atomic mass is 10.0. The molecule has 1 saturated heterocycles. The van der Waals surface area contributed by atoms with Crippen molar-refractivity contribution in [2.24, 2.45) is 0 Å². The van der Waals surface area contributed by atoms with Crippen molar-refractivity contribution in [1.29, 1.82) is 0 Å². The van der Waals surface area contributed by atoms with Gasteiger partial charge in [0.2, 0.25) is 17.1 Å². The molecule has 9 nitrogen and oxygen atoms in total. The number of nitrogens with zero attached hydrogens (tertiary/aromatic N) is 4. The van der Waals surface area contributed by atoms with Crippen LogP contribution in [0.1, 0.15) is 23.7 Å². The number of carbonyl (C=O) groups is 3. The van der Waals surface area contributed by atoms with Crippen LogP contribution in [-0.4, -0.2) is 55.8 Å². The zero-order valence-electron chi connectivity index (χ0n) is 24.2. The molecule has 2 unspecified atom stereocenters. The fourth-order valence-electron chi connectivity index (χ4n) is 5.52. The lowest BCUT2D eigenvalue weighted by Gasteiger charge is -2.24. The van der Waals surface area contributed by atoms with Crippen LogP contribution in [0, 0.1) is 5.82 Å². The maximum Gasteiger partial charge on any atom is 0.247 e. The summed E-state index contributed by atoms with van der Waals surface area (Å²) in [7, 11) is 0. The standard InChI is InChI=1S/C33H25Cl2F2N5O4/c1-18(43)25-16-41(28-10-9-20(12-24(25)28)46-21-13-38-33(35)39-14-21)17-30(44)42-15-19(36)11-29(42)32(45)40-27-8-4-6-23(31(27)37)22-5-2-3-7-26(22)34/h2-10,12-14,16,19,29H,11,15,17H2,1H3,(H,40,45). The zero-order valence-corrected chi connectivity index (χ0v) is 25.7. The molecule has 3 aromatic carbocycles. The SMILES string of the molecule is CC(=O)c1cn(CC(=O)N2CC(F)CC2C(=O)Nc2cccc(-c3ccccc3Cl)c2F)c2ccc(Oc3cnc(Cl)nc3)cc12. The van der Waals surface area contributed by atoms with Crippen LogP contribution in [0.3, 0.4) is 0 Å². The summed E-state index contributed by atoms with van der Waals surface area (Å²) in [5, 5.41) is 3.46. The lowest BCUT2D eigenvalue weighted by Crippen LogP contribution is -2.44. The summed E-state index contributed by atoms with van der Waals surface area (Å²) in [5.74, 6) is -1.50. The number of aromatic nitrogens is 3. The van der Waals surface area contributed by atoms with Crippen LogP contribution in [-0.2, 0) is 16.1 Å². The van der Waals surface area contributed by atoms with E-state index < -0.39 is 29.8 Å². The predicted molar refractivity (Wildman–Crippen MR) is 170 cm³/mol. The fourth-order valence-corrected chi connectivity index (χ4v) is 5.85. The molecule has 2 amide bonds. The average molecular weight is 664 g/mol. The fraction of sp³-hybridized carbons (Fsp3) is 0.182. The third-order valence-electron chi connectivity index (χ3n) is 7.66. The normalized spacial score (nSPS) is 16.1. The summed E-state index contributed by atoms with van der Waals surface area (Å²) in [5.41, 5.74) is 1.40. The minimum atomic E-state index is -1.45. The molecule has 46 heavy (non-hydrogen) atoms. The van der Waals surface area contributed by atoms with Gasteiger partial charge in [0, 0.05) is 45.2 Å². The van der Waals surface area contributed by atoms with E-state index in [1.54, 1.807) is 53.1 Å². The van der Waals surface area contributed by atoms with Gasteiger partial charge in [0.15, 0.2) is 17.3 Å². The van der Waals surface area contributed by atoms with Crippen molar-refractivity contribution in [2.45, 2.75) is 32.1 Å². The maximum atomic E-state index is 15.5. The second kappa shape index (κ2) is 12.9. The number of ether oxygens (including phenoxy) is 1. The Kier molecular flexibility index (Phi) is 8.70. The summed E-state index contributed by atoms with van der Waals surface area (Å²) in [6.45, 7) is 0.816. The summed E-state index contributed by atoms with van der Waals surface area (Å²) in [6, 6.07) is 15.0. The lowest BCUT2D eigenvalue weighted by molar-refractivity contribution is -0.137. The molecule has 3 heterocycles. The Bertz CT molecular complexity index is 1990. The largest absolute Gasteiger partial charge is 0.454 e. The van der Waals surface area contributed by atoms with E-state index in [0.29, 0.717) is 38.6 Å². The molecular formula is C33H25Cl2F2N5O4. The number of hydrogen-bond acceptors (Lipinski definition) is 6. The molecule has 1 aliphatic rings. The topological polar surface area (TPSA) is 106 Å². The van der Waals surface area contributed by atoms with Gasteiger partial charge < -0.3 is 19.5 Å². The number of Topliss-reactive ketones (excluding diaryl/α,β-unsaturated/α-hetero) is 1. The number of hydrogen-bond donors (Lipinski definition) is 1. The van der Waals surface area contributed by atoms with Gasteiger partial charge in [-0.1, -0.05) is 41.9 Å². The van der Waals surface area contributed by atoms with E-state index in [2.05, 4.69) is 15.3 Å². The van der Waals surface area contributed by atoms with Crippen LogP contribution in [0.25, 0.3) is 22.0 Å². The molecule has 5 aromatic rings. The molecule has 13 heteroatoms. The molecule has 0 radical (unpaired) electrons. The molecule has 2 aromatic heterocycles. The molecule has 1 fully saturated rings. The summed E-state index contributed by atoms with van der Waals surface area (Å²) in [6.07, 6.45) is 2.64. The van der Waals surface area contributed by atoms with E-state index in [9.17, 15) is 18.8 Å². The number of halogens is 4. The van der Waals surface area contributed by atoms with E-state index >= 15 is 4.39 Å². The minimum absolute atomic E-state index is 0.0648. The van der Waals surface area contributed by atoms with Gasteiger partial charge in [-0.25, -0.2) is 18.7 Å². The van der Waals surface area contributed by atoms with Crippen molar-refractivity contribution in [1.82, 2.24) is 19.4 Å². The predicted octanol–water partition coefficient (Wildman–Crippen LogP) is 7.12. The number of alkyl halides is 1. The molecule has 6 rings (SSSR count). The summed E-state index contributed by atoms with van der Waals surface area (Å²) >= 11 is 12.0. The third-order valence-corrected chi connectivity index (χ3v) is 8.19. The first-order chi connectivity index (χ1) is 22.1. The van der Waals surface area contributed by atoms with Gasteiger partial charge in [-0.05, 0) is 48.9 Å². The molecule has 0 spiro atoms. The number of amides is 2. The van der Waals surface area contributed by atoms with Crippen LogP contribution < -0.4 is 10.1 Å². The van der Waals surface area contributed by atoms with Crippen molar-refractivity contribution in [3.05, 3.63) is 101 Å². The van der Waals surface area contributed by atoms with E-state index in [0.717, 1.165) is 4.90 Å². The molecule has 1 aliphatic heterocycles. The molecule has 0 bridgehead atoms. The zero-order chi connectivity index (χ0) is 32.5. The number of carbonyl (C=O) groups excluding carboxylic acids is 3. The Morgan fingerprint density at radius 1 is 1.00 bits per heavy atom. The number of benzene rings is 3. The minimum Gasteiger partial charge on any atom is -0.454 e. The first kappa shape index (κ1) is 31.1. The van der Waals surface area contributed by atoms with Gasteiger partial charge >= 0.3 is 0 Å². The Hall–Kier alpha value is -4.87. The molecule has 234 valence electrons. The Balaban J connectivity index is 1.22. The highest BCUT2D eigenvalue weighted by Crippen LogP contribution is 2.34. The number of nitrogens with one attached hydrogen (secondary N) is 1. The van der Waals surface area contributed by atoms with Crippen LogP contribution in [0.2, 0.25) is 10.3 Å². The van der Waals surface area contributed by atoms with Gasteiger partial charge in [-0.15, -0.1) is 0 Å². The highest BCUT2D eigenvalue weighted by Gasteiger charge is 2.40. The highest BCUT2D eigenvalue weighted by atomic mass is 35.5. The van der Waals surface area contributed by atoms with Crippen molar-refractivity contribution in [3.8, 4) is 22.6 Å². The molecule has 0 saturated carbocycles. The number of ketones is 1. The third kappa shape index (κ3) is 6.29. The first-order valence-corrected chi connectivity index (χ1v) is 14.9. The van der Waals surface area contributed by atoms with Crippen molar-refractivity contribution in [2.75, 3.05) is 11.9 Å². The number of fused-ring (bicyclic) bond motifs is 1. The smallest absolute Gasteiger partial charge is 0.247 e. The second-order valence-corrected chi connectivity index (χ2v) is 11.5. The van der Waals surface area contributed by atoms with Crippen molar-refractivity contribution in [3.63, 3.8) is 0 Å². The maximum absolute atomic E-state index is 15.5. The highest BCUT2D eigenvalue weighted by molar-refractivity contribution is 6.33. The van der Waals surface area contributed by atoms with Crippen molar-refractivity contribution >= 4 is 57.4 Å². The van der Waals surface area contributed by atoms with Gasteiger partial charge in [0.05, 0.1) is 24.6 Å². The van der Waals surface area contributed by atoms with Crippen LogP contribution in [0.5, 0.6) is 11.5 Å². The van der Waals surface area contributed by atoms with Gasteiger partial charge in [-0.3, -0.25) is 14.4 Å². The number of rotatable bonds is 8.